The number of nitrogens with one attached hydrogen (secondary N) is 2. The maximum Gasteiger partial charge on any atom is 0.231 e. The average Bonchev–Trinajstić information content (AvgIpc) is 2.88. The molecule has 1 unspecified atom stereocenters. The topological polar surface area (TPSA) is 93.7 Å². The lowest BCUT2D eigenvalue weighted by Crippen LogP contribution is -2.43. The number of fused-ring (bicyclic) bond motifs is 3. The summed E-state index contributed by atoms with van der Waals surface area (Å²) in [5, 5.41) is 5.31. The molecular formula is C15H16N2O5. The van der Waals surface area contributed by atoms with Crippen LogP contribution in [0.1, 0.15) is 36.2 Å². The van der Waals surface area contributed by atoms with Crippen molar-refractivity contribution < 1.29 is 23.9 Å². The van der Waals surface area contributed by atoms with E-state index >= 15 is 0 Å². The van der Waals surface area contributed by atoms with Crippen molar-refractivity contribution in [3.05, 3.63) is 17.2 Å². The van der Waals surface area contributed by atoms with E-state index in [1.54, 1.807) is 6.07 Å². The van der Waals surface area contributed by atoms with Gasteiger partial charge in [-0.3, -0.25) is 14.4 Å². The molecule has 3 rings (SSSR count). The van der Waals surface area contributed by atoms with E-state index in [0.717, 1.165) is 5.56 Å². The first-order chi connectivity index (χ1) is 10.5. The second-order valence-corrected chi connectivity index (χ2v) is 5.35. The number of amides is 2. The molecule has 0 radical (unpaired) electrons. The van der Waals surface area contributed by atoms with Crippen LogP contribution in [0.4, 0.5) is 5.69 Å². The minimum atomic E-state index is -0.585. The van der Waals surface area contributed by atoms with Gasteiger partial charge in [-0.15, -0.1) is 0 Å². The van der Waals surface area contributed by atoms with Gasteiger partial charge in [0.05, 0.1) is 17.3 Å². The molecule has 0 bridgehead atoms. The number of anilines is 1. The fourth-order valence-electron chi connectivity index (χ4n) is 2.90. The minimum Gasteiger partial charge on any atom is -0.454 e. The molecule has 1 atom stereocenters. The molecule has 2 N–H and O–H groups in total. The normalized spacial score (nSPS) is 18.6. The highest BCUT2D eigenvalue weighted by atomic mass is 16.7. The van der Waals surface area contributed by atoms with Gasteiger partial charge in [0.1, 0.15) is 0 Å². The summed E-state index contributed by atoms with van der Waals surface area (Å²) < 4.78 is 10.8. The van der Waals surface area contributed by atoms with Crippen molar-refractivity contribution in [3.63, 3.8) is 0 Å². The van der Waals surface area contributed by atoms with Crippen LogP contribution in [0, 0.1) is 0 Å². The maximum atomic E-state index is 12.7. The van der Waals surface area contributed by atoms with Crippen LogP contribution in [0.3, 0.4) is 0 Å². The number of Topliss-reactive ketones (excluding diaryl/α,β-unsaturated/α-hetero) is 1. The molecule has 0 saturated carbocycles. The molecule has 0 spiro atoms. The van der Waals surface area contributed by atoms with E-state index in [2.05, 4.69) is 10.6 Å². The van der Waals surface area contributed by atoms with Crippen molar-refractivity contribution in [2.24, 2.45) is 0 Å². The highest BCUT2D eigenvalue weighted by molar-refractivity contribution is 6.11. The smallest absolute Gasteiger partial charge is 0.231 e. The molecule has 2 amide bonds. The standard InChI is InChI=1S/C15H16N2O5/c1-7(18)16-10-4-3-9-13(14(10)20)11(17-8(2)19)5-12-15(9)22-6-21-12/h5,10H,3-4,6H2,1-2H3,(H,16,18)(H,17,19). The number of benzene rings is 1. The first-order valence-electron chi connectivity index (χ1n) is 7.01. The van der Waals surface area contributed by atoms with Gasteiger partial charge in [0.25, 0.3) is 0 Å². The van der Waals surface area contributed by atoms with E-state index in [4.69, 9.17) is 9.47 Å². The third-order valence-corrected chi connectivity index (χ3v) is 3.70. The van der Waals surface area contributed by atoms with Gasteiger partial charge in [-0.05, 0) is 12.8 Å². The highest BCUT2D eigenvalue weighted by Crippen LogP contribution is 2.44. The van der Waals surface area contributed by atoms with Crippen LogP contribution in [0.15, 0.2) is 6.07 Å². The Morgan fingerprint density at radius 2 is 2.00 bits per heavy atom. The third-order valence-electron chi connectivity index (χ3n) is 3.70. The molecule has 1 aromatic rings. The van der Waals surface area contributed by atoms with Gasteiger partial charge in [0, 0.05) is 25.5 Å². The SMILES string of the molecule is CC(=O)Nc1cc2c(c3c1C(=O)C(NC(C)=O)CC3)OCO2. The molecule has 1 aliphatic heterocycles. The summed E-state index contributed by atoms with van der Waals surface area (Å²) in [4.78, 5) is 35.3. The van der Waals surface area contributed by atoms with Crippen molar-refractivity contribution in [1.29, 1.82) is 0 Å². The second-order valence-electron chi connectivity index (χ2n) is 5.35. The number of carbonyl (C=O) groups is 3. The van der Waals surface area contributed by atoms with Crippen LogP contribution in [0.5, 0.6) is 11.5 Å². The van der Waals surface area contributed by atoms with Crippen LogP contribution in [0.25, 0.3) is 0 Å². The third kappa shape index (κ3) is 2.38. The lowest BCUT2D eigenvalue weighted by Gasteiger charge is -2.26. The van der Waals surface area contributed by atoms with Gasteiger partial charge >= 0.3 is 0 Å². The molecule has 7 nitrogen and oxygen atoms in total. The number of carbonyl (C=O) groups excluding carboxylic acids is 3. The van der Waals surface area contributed by atoms with Gasteiger partial charge in [-0.2, -0.15) is 0 Å². The quantitative estimate of drug-likeness (QED) is 0.850. The zero-order chi connectivity index (χ0) is 15.9. The fourth-order valence-corrected chi connectivity index (χ4v) is 2.90. The predicted octanol–water partition coefficient (Wildman–Crippen LogP) is 1.01. The number of hydrogen-bond donors (Lipinski definition) is 2. The van der Waals surface area contributed by atoms with E-state index in [1.165, 1.54) is 13.8 Å². The number of rotatable bonds is 2. The van der Waals surface area contributed by atoms with Gasteiger partial charge in [-0.1, -0.05) is 0 Å². The van der Waals surface area contributed by atoms with Gasteiger partial charge in [0.15, 0.2) is 17.3 Å². The fraction of sp³-hybridized carbons (Fsp3) is 0.400. The number of ketones is 1. The summed E-state index contributed by atoms with van der Waals surface area (Å²) in [6.07, 6.45) is 1.05. The van der Waals surface area contributed by atoms with Crippen LogP contribution < -0.4 is 20.1 Å². The van der Waals surface area contributed by atoms with Gasteiger partial charge in [-0.25, -0.2) is 0 Å². The van der Waals surface area contributed by atoms with Gasteiger partial charge < -0.3 is 20.1 Å². The lowest BCUT2D eigenvalue weighted by atomic mass is 9.85. The lowest BCUT2D eigenvalue weighted by molar-refractivity contribution is -0.119. The second kappa shape index (κ2) is 5.32. The highest BCUT2D eigenvalue weighted by Gasteiger charge is 2.35. The Hall–Kier alpha value is -2.57. The summed E-state index contributed by atoms with van der Waals surface area (Å²) in [5.74, 6) is 0.310. The van der Waals surface area contributed by atoms with Crippen LogP contribution in [0.2, 0.25) is 0 Å². The Morgan fingerprint density at radius 1 is 1.23 bits per heavy atom. The van der Waals surface area contributed by atoms with Crippen LogP contribution >= 0.6 is 0 Å². The van der Waals surface area contributed by atoms with E-state index in [-0.39, 0.29) is 24.4 Å². The molecule has 22 heavy (non-hydrogen) atoms. The van der Waals surface area contributed by atoms with E-state index in [9.17, 15) is 14.4 Å². The molecule has 1 aromatic carbocycles. The molecule has 0 aromatic heterocycles. The van der Waals surface area contributed by atoms with Crippen molar-refractivity contribution in [2.45, 2.75) is 32.7 Å². The van der Waals surface area contributed by atoms with E-state index in [0.29, 0.717) is 35.6 Å². The average molecular weight is 304 g/mol. The summed E-state index contributed by atoms with van der Waals surface area (Å²) in [7, 11) is 0. The van der Waals surface area contributed by atoms with Crippen molar-refractivity contribution in [2.75, 3.05) is 12.1 Å². The molecule has 0 saturated heterocycles. The van der Waals surface area contributed by atoms with Crippen molar-refractivity contribution in [1.82, 2.24) is 5.32 Å². The predicted molar refractivity (Wildman–Crippen MR) is 77.1 cm³/mol. The summed E-state index contributed by atoms with van der Waals surface area (Å²) in [6.45, 7) is 2.83. The Morgan fingerprint density at radius 3 is 2.68 bits per heavy atom. The first-order valence-corrected chi connectivity index (χ1v) is 7.01. The largest absolute Gasteiger partial charge is 0.454 e. The molecular weight excluding hydrogens is 288 g/mol. The first kappa shape index (κ1) is 14.4. The zero-order valence-electron chi connectivity index (χ0n) is 12.3. The van der Waals surface area contributed by atoms with Gasteiger partial charge in [0.2, 0.25) is 18.6 Å². The zero-order valence-corrected chi connectivity index (χ0v) is 12.3. The molecule has 1 aliphatic carbocycles. The molecule has 1 heterocycles. The summed E-state index contributed by atoms with van der Waals surface area (Å²) in [6, 6.07) is 1.01. The molecule has 7 heteroatoms. The summed E-state index contributed by atoms with van der Waals surface area (Å²) >= 11 is 0. The Balaban J connectivity index is 2.09. The number of hydrogen-bond acceptors (Lipinski definition) is 5. The van der Waals surface area contributed by atoms with Crippen LogP contribution in [-0.4, -0.2) is 30.4 Å². The monoisotopic (exact) mass is 304 g/mol. The summed E-state index contributed by atoms with van der Waals surface area (Å²) in [5.41, 5.74) is 1.52. The van der Waals surface area contributed by atoms with Crippen LogP contribution in [-0.2, 0) is 16.0 Å². The minimum absolute atomic E-state index is 0.0919. The van der Waals surface area contributed by atoms with Crippen molar-refractivity contribution in [3.8, 4) is 11.5 Å². The van der Waals surface area contributed by atoms with E-state index < -0.39 is 6.04 Å². The molecule has 2 aliphatic rings. The van der Waals surface area contributed by atoms with Crippen molar-refractivity contribution >= 4 is 23.3 Å². The number of ether oxygens (including phenoxy) is 2. The molecule has 116 valence electrons. The van der Waals surface area contributed by atoms with E-state index in [1.807, 2.05) is 0 Å². The Bertz CT molecular complexity index is 683. The Kier molecular flexibility index (Phi) is 3.48. The maximum absolute atomic E-state index is 12.7. The molecule has 0 fully saturated rings. The Labute approximate surface area is 127 Å².